The summed E-state index contributed by atoms with van der Waals surface area (Å²) in [7, 11) is 1.65. The number of carbonyl (C=O) groups is 3. The molecule has 0 fully saturated rings. The first-order valence-electron chi connectivity index (χ1n) is 6.18. The summed E-state index contributed by atoms with van der Waals surface area (Å²) in [6.07, 6.45) is 0. The van der Waals surface area contributed by atoms with E-state index in [1.165, 1.54) is 0 Å². The Morgan fingerprint density at radius 1 is 1.24 bits per heavy atom. The maximum atomic E-state index is 12.0. The van der Waals surface area contributed by atoms with Crippen molar-refractivity contribution in [2.24, 2.45) is 0 Å². The average Bonchev–Trinajstić information content (AvgIpc) is 2.45. The molecule has 6 nitrogen and oxygen atoms in total. The van der Waals surface area contributed by atoms with Crippen molar-refractivity contribution in [2.45, 2.75) is 6.92 Å². The molecule has 0 saturated heterocycles. The molecule has 0 aliphatic carbocycles. The maximum Gasteiger partial charge on any atom is 0.285 e. The van der Waals surface area contributed by atoms with Gasteiger partial charge in [-0.05, 0) is 0 Å². The third-order valence-corrected chi connectivity index (χ3v) is 3.63. The van der Waals surface area contributed by atoms with Crippen molar-refractivity contribution in [1.82, 2.24) is 5.32 Å². The fraction of sp³-hybridized carbons (Fsp3) is 0.286. The van der Waals surface area contributed by atoms with Crippen LogP contribution in [0.5, 0.6) is 0 Å². The van der Waals surface area contributed by atoms with Crippen molar-refractivity contribution in [3.63, 3.8) is 0 Å². The summed E-state index contributed by atoms with van der Waals surface area (Å²) in [6.45, 7) is 1.16. The highest BCUT2D eigenvalue weighted by molar-refractivity contribution is 8.26. The van der Waals surface area contributed by atoms with Crippen molar-refractivity contribution in [2.75, 3.05) is 20.1 Å². The van der Waals surface area contributed by atoms with Gasteiger partial charge in [0.1, 0.15) is 7.05 Å². The number of amides is 1. The Labute approximate surface area is 126 Å². The molecule has 1 aromatic carbocycles. The van der Waals surface area contributed by atoms with Crippen LogP contribution in [0.3, 0.4) is 0 Å². The number of rotatable bonds is 5. The molecule has 0 saturated carbocycles. The molecule has 0 atom stereocenters. The maximum absolute atomic E-state index is 12.0. The fourth-order valence-electron chi connectivity index (χ4n) is 1.40. The zero-order valence-electron chi connectivity index (χ0n) is 11.8. The van der Waals surface area contributed by atoms with E-state index in [1.54, 1.807) is 42.8 Å². The minimum absolute atomic E-state index is 0.0335. The topological polar surface area (TPSA) is 89.3 Å². The van der Waals surface area contributed by atoms with E-state index in [1.807, 2.05) is 6.07 Å². The molecule has 0 aliphatic heterocycles. The van der Waals surface area contributed by atoms with Crippen LogP contribution in [-0.4, -0.2) is 46.7 Å². The lowest BCUT2D eigenvalue weighted by Gasteiger charge is -2.05. The van der Waals surface area contributed by atoms with Crippen LogP contribution in [0.15, 0.2) is 30.3 Å². The smallest absolute Gasteiger partial charge is 0.285 e. The van der Waals surface area contributed by atoms with Gasteiger partial charge in [-0.15, -0.1) is 0 Å². The van der Waals surface area contributed by atoms with Gasteiger partial charge in [0, 0.05) is 24.2 Å². The lowest BCUT2D eigenvalue weighted by Crippen LogP contribution is -2.40. The van der Waals surface area contributed by atoms with Gasteiger partial charge in [-0.25, -0.2) is 4.58 Å². The highest BCUT2D eigenvalue weighted by atomic mass is 32.2. The Bertz CT molecular complexity index is 570. The number of carboxylic acid groups (broad SMARTS) is 1. The van der Waals surface area contributed by atoms with Crippen LogP contribution in [-0.2, 0) is 9.59 Å². The molecule has 0 unspecified atom stereocenters. The predicted octanol–water partition coefficient (Wildman–Crippen LogP) is -0.513. The van der Waals surface area contributed by atoms with Crippen LogP contribution in [0.4, 0.5) is 0 Å². The lowest BCUT2D eigenvalue weighted by molar-refractivity contribution is -0.482. The fourth-order valence-corrected chi connectivity index (χ4v) is 2.14. The number of thioether (sulfide) groups is 1. The number of hydrogen-bond donors (Lipinski definition) is 1. The van der Waals surface area contributed by atoms with Gasteiger partial charge in [0.15, 0.2) is 0 Å². The Morgan fingerprint density at radius 3 is 2.43 bits per heavy atom. The molecule has 0 spiro atoms. The molecular weight excluding hydrogens is 292 g/mol. The third-order valence-electron chi connectivity index (χ3n) is 2.60. The SMILES string of the molecule is CC(SC(=O)c1ccccc1)=[N+](C)CC(=O)NCC(=O)[O-]. The molecule has 0 heterocycles. The number of nitrogens with zero attached hydrogens (tertiary/aromatic N) is 1. The standard InChI is InChI=1S/C14H16N2O4S/c1-10(16(2)9-12(17)15-8-13(18)19)21-14(20)11-6-4-3-5-7-11/h3-7H,8-9H2,1-2H3,(H-,15,17,18,19). The van der Waals surface area contributed by atoms with Gasteiger partial charge in [0.2, 0.25) is 16.7 Å². The molecule has 0 bridgehead atoms. The van der Waals surface area contributed by atoms with Gasteiger partial charge in [-0.1, -0.05) is 30.3 Å². The molecule has 0 aromatic heterocycles. The van der Waals surface area contributed by atoms with E-state index in [0.29, 0.717) is 10.6 Å². The highest BCUT2D eigenvalue weighted by Crippen LogP contribution is 2.13. The Kier molecular flexibility index (Phi) is 6.61. The summed E-state index contributed by atoms with van der Waals surface area (Å²) < 4.78 is 1.58. The molecule has 21 heavy (non-hydrogen) atoms. The van der Waals surface area contributed by atoms with E-state index in [0.717, 1.165) is 11.8 Å². The monoisotopic (exact) mass is 308 g/mol. The van der Waals surface area contributed by atoms with Crippen LogP contribution in [0, 0.1) is 0 Å². The summed E-state index contributed by atoms with van der Waals surface area (Å²) in [5, 5.41) is 13.0. The normalized spacial score (nSPS) is 11.5. The minimum Gasteiger partial charge on any atom is -0.548 e. The van der Waals surface area contributed by atoms with Crippen molar-refractivity contribution < 1.29 is 24.1 Å². The van der Waals surface area contributed by atoms with Gasteiger partial charge in [0.05, 0.1) is 12.5 Å². The lowest BCUT2D eigenvalue weighted by atomic mass is 10.2. The minimum atomic E-state index is -1.35. The first-order chi connectivity index (χ1) is 9.90. The Morgan fingerprint density at radius 2 is 1.86 bits per heavy atom. The first-order valence-corrected chi connectivity index (χ1v) is 7.00. The van der Waals surface area contributed by atoms with E-state index in [4.69, 9.17) is 0 Å². The summed E-state index contributed by atoms with van der Waals surface area (Å²) in [5.41, 5.74) is 0.580. The van der Waals surface area contributed by atoms with Crippen molar-refractivity contribution in [3.05, 3.63) is 35.9 Å². The van der Waals surface area contributed by atoms with Crippen LogP contribution in [0.1, 0.15) is 17.3 Å². The van der Waals surface area contributed by atoms with E-state index < -0.39 is 18.4 Å². The molecule has 7 heteroatoms. The summed E-state index contributed by atoms with van der Waals surface area (Å²) in [5.74, 6) is -1.80. The van der Waals surface area contributed by atoms with Gasteiger partial charge >= 0.3 is 0 Å². The van der Waals surface area contributed by atoms with E-state index in [-0.39, 0.29) is 11.7 Å². The molecule has 1 aromatic rings. The first kappa shape index (κ1) is 16.9. The average molecular weight is 308 g/mol. The van der Waals surface area contributed by atoms with E-state index in [2.05, 4.69) is 5.32 Å². The van der Waals surface area contributed by atoms with Crippen LogP contribution in [0.2, 0.25) is 0 Å². The van der Waals surface area contributed by atoms with Crippen LogP contribution in [0.25, 0.3) is 0 Å². The van der Waals surface area contributed by atoms with Crippen molar-refractivity contribution >= 4 is 33.8 Å². The second kappa shape index (κ2) is 8.21. The van der Waals surface area contributed by atoms with Crippen molar-refractivity contribution in [3.8, 4) is 0 Å². The van der Waals surface area contributed by atoms with E-state index in [9.17, 15) is 19.5 Å². The second-order valence-electron chi connectivity index (χ2n) is 4.28. The predicted molar refractivity (Wildman–Crippen MR) is 78.1 cm³/mol. The quantitative estimate of drug-likeness (QED) is 0.449. The molecular formula is C14H16N2O4S. The number of aliphatic carboxylic acids is 1. The molecule has 0 radical (unpaired) electrons. The number of nitrogens with one attached hydrogen (secondary N) is 1. The Hall–Kier alpha value is -2.15. The zero-order valence-corrected chi connectivity index (χ0v) is 12.6. The van der Waals surface area contributed by atoms with Gasteiger partial charge < -0.3 is 15.2 Å². The van der Waals surface area contributed by atoms with Crippen LogP contribution >= 0.6 is 11.8 Å². The molecule has 0 aliphatic rings. The zero-order chi connectivity index (χ0) is 15.8. The largest absolute Gasteiger partial charge is 0.548 e. The summed E-state index contributed by atoms with van der Waals surface area (Å²) in [4.78, 5) is 33.7. The molecule has 1 N–H and O–H groups in total. The number of carbonyl (C=O) groups excluding carboxylic acids is 3. The molecule has 1 amide bonds. The Balaban J connectivity index is 2.59. The van der Waals surface area contributed by atoms with Gasteiger partial charge in [-0.2, -0.15) is 0 Å². The summed E-state index contributed by atoms with van der Waals surface area (Å²) in [6, 6.07) is 8.82. The third kappa shape index (κ3) is 6.22. The molecule has 112 valence electrons. The number of benzene rings is 1. The van der Waals surface area contributed by atoms with E-state index >= 15 is 0 Å². The van der Waals surface area contributed by atoms with Crippen molar-refractivity contribution in [1.29, 1.82) is 0 Å². The summed E-state index contributed by atoms with van der Waals surface area (Å²) >= 11 is 1.02. The second-order valence-corrected chi connectivity index (χ2v) is 5.45. The van der Waals surface area contributed by atoms with Gasteiger partial charge in [-0.3, -0.25) is 9.59 Å². The molecule has 1 rings (SSSR count). The number of likely N-dealkylation sites (N-methyl/N-ethyl adjacent to an activating group) is 1. The highest BCUT2D eigenvalue weighted by Gasteiger charge is 2.16. The number of carboxylic acids is 1. The number of hydrogen-bond acceptors (Lipinski definition) is 5. The van der Waals surface area contributed by atoms with Gasteiger partial charge in [0.25, 0.3) is 5.91 Å². The van der Waals surface area contributed by atoms with Crippen LogP contribution < -0.4 is 10.4 Å².